The quantitative estimate of drug-likeness (QED) is 0.829. The SMILES string of the molecule is CNCCc1cc(Cl)c(Br)cc1F. The average Bonchev–Trinajstić information content (AvgIpc) is 2.09. The summed E-state index contributed by atoms with van der Waals surface area (Å²) in [6.45, 7) is 0.745. The van der Waals surface area contributed by atoms with E-state index in [0.29, 0.717) is 21.5 Å². The van der Waals surface area contributed by atoms with Gasteiger partial charge in [0, 0.05) is 4.47 Å². The van der Waals surface area contributed by atoms with Gasteiger partial charge in [0.25, 0.3) is 0 Å². The molecule has 0 saturated heterocycles. The number of hydrogen-bond acceptors (Lipinski definition) is 1. The van der Waals surface area contributed by atoms with Crippen LogP contribution in [0.4, 0.5) is 4.39 Å². The molecule has 0 aliphatic rings. The Morgan fingerprint density at radius 1 is 1.54 bits per heavy atom. The van der Waals surface area contributed by atoms with E-state index in [-0.39, 0.29) is 5.82 Å². The number of halogens is 3. The molecule has 0 saturated carbocycles. The highest BCUT2D eigenvalue weighted by atomic mass is 79.9. The van der Waals surface area contributed by atoms with Crippen molar-refractivity contribution >= 4 is 27.5 Å². The number of hydrogen-bond donors (Lipinski definition) is 1. The van der Waals surface area contributed by atoms with Crippen LogP contribution >= 0.6 is 27.5 Å². The van der Waals surface area contributed by atoms with Crippen molar-refractivity contribution in [2.24, 2.45) is 0 Å². The zero-order valence-corrected chi connectivity index (χ0v) is 9.54. The predicted octanol–water partition coefficient (Wildman–Crippen LogP) is 3.00. The second kappa shape index (κ2) is 4.94. The summed E-state index contributed by atoms with van der Waals surface area (Å²) in [5, 5.41) is 3.50. The predicted molar refractivity (Wildman–Crippen MR) is 56.7 cm³/mol. The average molecular weight is 267 g/mol. The van der Waals surface area contributed by atoms with E-state index in [2.05, 4.69) is 21.2 Å². The van der Waals surface area contributed by atoms with Crippen LogP contribution in [0.5, 0.6) is 0 Å². The highest BCUT2D eigenvalue weighted by Gasteiger charge is 2.05. The van der Waals surface area contributed by atoms with Gasteiger partial charge < -0.3 is 5.32 Å². The molecule has 0 atom stereocenters. The molecule has 0 unspecified atom stereocenters. The second-order valence-corrected chi connectivity index (χ2v) is 3.97. The lowest BCUT2D eigenvalue weighted by Crippen LogP contribution is -2.11. The third kappa shape index (κ3) is 2.93. The molecule has 0 bridgehead atoms. The van der Waals surface area contributed by atoms with Crippen molar-refractivity contribution in [1.29, 1.82) is 0 Å². The van der Waals surface area contributed by atoms with E-state index in [9.17, 15) is 4.39 Å². The third-order valence-corrected chi connectivity index (χ3v) is 2.93. The summed E-state index contributed by atoms with van der Waals surface area (Å²) < 4.78 is 13.8. The number of rotatable bonds is 3. The summed E-state index contributed by atoms with van der Waals surface area (Å²) in [6, 6.07) is 3.05. The largest absolute Gasteiger partial charge is 0.319 e. The Bertz CT molecular complexity index is 304. The lowest BCUT2D eigenvalue weighted by Gasteiger charge is -2.04. The molecule has 1 aromatic rings. The van der Waals surface area contributed by atoms with E-state index in [4.69, 9.17) is 11.6 Å². The number of likely N-dealkylation sites (N-methyl/N-ethyl adjacent to an activating group) is 1. The molecule has 0 spiro atoms. The molecule has 0 fully saturated rings. The molecule has 4 heteroatoms. The van der Waals surface area contributed by atoms with E-state index < -0.39 is 0 Å². The highest BCUT2D eigenvalue weighted by molar-refractivity contribution is 9.10. The summed E-state index contributed by atoms with van der Waals surface area (Å²) in [4.78, 5) is 0. The van der Waals surface area contributed by atoms with E-state index in [1.807, 2.05) is 7.05 Å². The van der Waals surface area contributed by atoms with Crippen molar-refractivity contribution < 1.29 is 4.39 Å². The van der Waals surface area contributed by atoms with Gasteiger partial charge in [0.15, 0.2) is 0 Å². The minimum atomic E-state index is -0.216. The van der Waals surface area contributed by atoms with E-state index in [0.717, 1.165) is 6.54 Å². The number of benzene rings is 1. The Hall–Kier alpha value is -0.120. The molecule has 72 valence electrons. The zero-order valence-electron chi connectivity index (χ0n) is 7.20. The maximum Gasteiger partial charge on any atom is 0.127 e. The van der Waals surface area contributed by atoms with Crippen molar-refractivity contribution in [2.75, 3.05) is 13.6 Å². The van der Waals surface area contributed by atoms with E-state index in [1.165, 1.54) is 6.07 Å². The highest BCUT2D eigenvalue weighted by Crippen LogP contribution is 2.25. The fourth-order valence-corrected chi connectivity index (χ4v) is 1.52. The first-order valence-corrected chi connectivity index (χ1v) is 5.10. The maximum absolute atomic E-state index is 13.2. The van der Waals surface area contributed by atoms with Crippen LogP contribution in [0.25, 0.3) is 0 Å². The first kappa shape index (κ1) is 11.0. The molecule has 0 heterocycles. The van der Waals surface area contributed by atoms with Gasteiger partial charge in [0.1, 0.15) is 5.82 Å². The van der Waals surface area contributed by atoms with Crippen molar-refractivity contribution in [3.8, 4) is 0 Å². The van der Waals surface area contributed by atoms with Crippen LogP contribution in [0.1, 0.15) is 5.56 Å². The molecule has 1 N–H and O–H groups in total. The van der Waals surface area contributed by atoms with Crippen molar-refractivity contribution in [2.45, 2.75) is 6.42 Å². The second-order valence-electron chi connectivity index (χ2n) is 2.71. The van der Waals surface area contributed by atoms with E-state index >= 15 is 0 Å². The fraction of sp³-hybridized carbons (Fsp3) is 0.333. The minimum absolute atomic E-state index is 0.216. The van der Waals surface area contributed by atoms with Crippen LogP contribution in [-0.4, -0.2) is 13.6 Å². The van der Waals surface area contributed by atoms with Gasteiger partial charge in [0.2, 0.25) is 0 Å². The van der Waals surface area contributed by atoms with Crippen LogP contribution in [-0.2, 0) is 6.42 Å². The molecule has 0 amide bonds. The standard InChI is InChI=1S/C9H10BrClFN/c1-13-3-2-6-4-8(11)7(10)5-9(6)12/h4-5,13H,2-3H2,1H3. The molecule has 0 aliphatic heterocycles. The van der Waals surface area contributed by atoms with Crippen LogP contribution in [0.2, 0.25) is 5.02 Å². The number of nitrogens with one attached hydrogen (secondary N) is 1. The molecule has 1 aromatic carbocycles. The van der Waals surface area contributed by atoms with Gasteiger partial charge in [-0.3, -0.25) is 0 Å². The first-order valence-electron chi connectivity index (χ1n) is 3.93. The Kier molecular flexibility index (Phi) is 4.16. The summed E-state index contributed by atoms with van der Waals surface area (Å²) in [7, 11) is 1.83. The van der Waals surface area contributed by atoms with Gasteiger partial charge >= 0.3 is 0 Å². The molecule has 13 heavy (non-hydrogen) atoms. The van der Waals surface area contributed by atoms with Gasteiger partial charge in [0.05, 0.1) is 5.02 Å². The summed E-state index contributed by atoms with van der Waals surface area (Å²) in [5.74, 6) is -0.216. The van der Waals surface area contributed by atoms with Crippen LogP contribution in [0.3, 0.4) is 0 Å². The van der Waals surface area contributed by atoms with E-state index in [1.54, 1.807) is 6.07 Å². The monoisotopic (exact) mass is 265 g/mol. The van der Waals surface area contributed by atoms with Crippen molar-refractivity contribution in [3.05, 3.63) is 33.0 Å². The van der Waals surface area contributed by atoms with Crippen LogP contribution in [0.15, 0.2) is 16.6 Å². The van der Waals surface area contributed by atoms with Crippen LogP contribution < -0.4 is 5.32 Å². The molecule has 1 nitrogen and oxygen atoms in total. The molecule has 0 aliphatic carbocycles. The Morgan fingerprint density at radius 2 is 2.23 bits per heavy atom. The Balaban J connectivity index is 2.88. The zero-order chi connectivity index (χ0) is 9.84. The van der Waals surface area contributed by atoms with Gasteiger partial charge in [-0.15, -0.1) is 0 Å². The van der Waals surface area contributed by atoms with Crippen LogP contribution in [0, 0.1) is 5.82 Å². The minimum Gasteiger partial charge on any atom is -0.319 e. The molecule has 0 radical (unpaired) electrons. The van der Waals surface area contributed by atoms with Gasteiger partial charge in [-0.2, -0.15) is 0 Å². The topological polar surface area (TPSA) is 12.0 Å². The van der Waals surface area contributed by atoms with Crippen molar-refractivity contribution in [1.82, 2.24) is 5.32 Å². The summed E-state index contributed by atoms with van der Waals surface area (Å²) in [6.07, 6.45) is 0.648. The lowest BCUT2D eigenvalue weighted by atomic mass is 10.1. The van der Waals surface area contributed by atoms with Gasteiger partial charge in [-0.1, -0.05) is 11.6 Å². The Morgan fingerprint density at radius 3 is 2.85 bits per heavy atom. The molecule has 1 rings (SSSR count). The lowest BCUT2D eigenvalue weighted by molar-refractivity contribution is 0.604. The molecular weight excluding hydrogens is 256 g/mol. The summed E-state index contributed by atoms with van der Waals surface area (Å²) in [5.41, 5.74) is 0.641. The molecular formula is C9H10BrClFN. The fourth-order valence-electron chi connectivity index (χ4n) is 1.02. The normalized spacial score (nSPS) is 10.5. The van der Waals surface area contributed by atoms with Crippen molar-refractivity contribution in [3.63, 3.8) is 0 Å². The van der Waals surface area contributed by atoms with Gasteiger partial charge in [-0.25, -0.2) is 4.39 Å². The third-order valence-electron chi connectivity index (χ3n) is 1.73. The molecule has 0 aromatic heterocycles. The first-order chi connectivity index (χ1) is 6.15. The Labute approximate surface area is 90.4 Å². The van der Waals surface area contributed by atoms with Gasteiger partial charge in [-0.05, 0) is 53.6 Å². The maximum atomic E-state index is 13.2. The summed E-state index contributed by atoms with van der Waals surface area (Å²) >= 11 is 8.99. The smallest absolute Gasteiger partial charge is 0.127 e.